The Morgan fingerprint density at radius 2 is 1.64 bits per heavy atom. The first-order valence-electron chi connectivity index (χ1n) is 8.10. The fourth-order valence-corrected chi connectivity index (χ4v) is 3.28. The van der Waals surface area contributed by atoms with Crippen LogP contribution >= 0.6 is 0 Å². The fourth-order valence-electron chi connectivity index (χ4n) is 3.28. The summed E-state index contributed by atoms with van der Waals surface area (Å²) in [6, 6.07) is 0.351. The van der Waals surface area contributed by atoms with Gasteiger partial charge < -0.3 is 20.0 Å². The lowest BCUT2D eigenvalue weighted by Gasteiger charge is -2.39. The standard InChI is InChI=1S/C16H30N4O2/c1-11-8-19(13(21)17-11)16(6,7)10-18-12(2)9-20(14(18)22)15(3,4)5/h11-12H,8-10H2,1-7H3,(H,17,21)/t11-,12+/m1/s1. The second-order valence-corrected chi connectivity index (χ2v) is 8.31. The van der Waals surface area contributed by atoms with E-state index in [9.17, 15) is 9.59 Å². The normalized spacial score (nSPS) is 27.0. The van der Waals surface area contributed by atoms with Crippen LogP contribution < -0.4 is 5.32 Å². The van der Waals surface area contributed by atoms with Crippen molar-refractivity contribution in [3.63, 3.8) is 0 Å². The SMILES string of the molecule is C[C@@H]1CN(C(C)(C)CN2C(=O)N(C(C)(C)C)C[C@@H]2C)C(=O)N1. The molecule has 2 saturated heterocycles. The van der Waals surface area contributed by atoms with Gasteiger partial charge in [0.05, 0.1) is 5.54 Å². The number of nitrogens with zero attached hydrogens (tertiary/aromatic N) is 3. The van der Waals surface area contributed by atoms with Gasteiger partial charge >= 0.3 is 12.1 Å². The third-order valence-corrected chi connectivity index (χ3v) is 4.62. The van der Waals surface area contributed by atoms with Gasteiger partial charge in [-0.1, -0.05) is 0 Å². The molecule has 0 saturated carbocycles. The molecule has 6 nitrogen and oxygen atoms in total. The van der Waals surface area contributed by atoms with Crippen LogP contribution in [0.1, 0.15) is 48.5 Å². The Hall–Kier alpha value is -1.46. The molecule has 22 heavy (non-hydrogen) atoms. The first-order chi connectivity index (χ1) is 9.93. The molecule has 6 heteroatoms. The molecule has 1 N–H and O–H groups in total. The van der Waals surface area contributed by atoms with E-state index in [1.54, 1.807) is 0 Å². The van der Waals surface area contributed by atoms with Crippen LogP contribution in [-0.4, -0.2) is 69.6 Å². The van der Waals surface area contributed by atoms with Gasteiger partial charge in [0, 0.05) is 37.3 Å². The summed E-state index contributed by atoms with van der Waals surface area (Å²) >= 11 is 0. The summed E-state index contributed by atoms with van der Waals surface area (Å²) < 4.78 is 0. The lowest BCUT2D eigenvalue weighted by atomic mass is 10.0. The van der Waals surface area contributed by atoms with Crippen LogP contribution in [0.2, 0.25) is 0 Å². The zero-order valence-corrected chi connectivity index (χ0v) is 14.9. The maximum atomic E-state index is 12.7. The van der Waals surface area contributed by atoms with Crippen molar-refractivity contribution >= 4 is 12.1 Å². The maximum absolute atomic E-state index is 12.7. The molecule has 4 amide bonds. The third-order valence-electron chi connectivity index (χ3n) is 4.62. The van der Waals surface area contributed by atoms with Gasteiger partial charge in [-0.2, -0.15) is 0 Å². The lowest BCUT2D eigenvalue weighted by Crippen LogP contribution is -2.55. The molecular formula is C16H30N4O2. The van der Waals surface area contributed by atoms with Crippen LogP contribution in [0.15, 0.2) is 0 Å². The van der Waals surface area contributed by atoms with Gasteiger partial charge in [0.25, 0.3) is 0 Å². The Labute approximate surface area is 133 Å². The number of amides is 4. The van der Waals surface area contributed by atoms with Gasteiger partial charge in [-0.25, -0.2) is 9.59 Å². The highest BCUT2D eigenvalue weighted by atomic mass is 16.2. The number of hydrogen-bond acceptors (Lipinski definition) is 2. The number of hydrogen-bond donors (Lipinski definition) is 1. The zero-order chi connectivity index (χ0) is 16.9. The van der Waals surface area contributed by atoms with Crippen molar-refractivity contribution in [1.82, 2.24) is 20.0 Å². The number of nitrogens with one attached hydrogen (secondary N) is 1. The van der Waals surface area contributed by atoms with Crippen molar-refractivity contribution in [3.8, 4) is 0 Å². The topological polar surface area (TPSA) is 55.9 Å². The second kappa shape index (κ2) is 5.32. The quantitative estimate of drug-likeness (QED) is 0.868. The summed E-state index contributed by atoms with van der Waals surface area (Å²) in [5.74, 6) is 0. The minimum absolute atomic E-state index is 0.0375. The summed E-state index contributed by atoms with van der Waals surface area (Å²) in [5, 5.41) is 2.93. The van der Waals surface area contributed by atoms with E-state index < -0.39 is 0 Å². The van der Waals surface area contributed by atoms with Gasteiger partial charge in [0.1, 0.15) is 0 Å². The molecule has 126 valence electrons. The van der Waals surface area contributed by atoms with Crippen molar-refractivity contribution in [2.24, 2.45) is 0 Å². The van der Waals surface area contributed by atoms with Crippen molar-refractivity contribution in [2.75, 3.05) is 19.6 Å². The Kier molecular flexibility index (Phi) is 4.09. The van der Waals surface area contributed by atoms with Gasteiger partial charge in [-0.15, -0.1) is 0 Å². The Bertz CT molecular complexity index is 469. The highest BCUT2D eigenvalue weighted by Gasteiger charge is 2.45. The van der Waals surface area contributed by atoms with Gasteiger partial charge in [-0.05, 0) is 48.5 Å². The summed E-state index contributed by atoms with van der Waals surface area (Å²) in [6.07, 6.45) is 0. The number of rotatable bonds is 3. The van der Waals surface area contributed by atoms with E-state index in [1.165, 1.54) is 0 Å². The monoisotopic (exact) mass is 310 g/mol. The fraction of sp³-hybridized carbons (Fsp3) is 0.875. The molecule has 0 aromatic heterocycles. The lowest BCUT2D eigenvalue weighted by molar-refractivity contribution is 0.111. The molecule has 2 aliphatic heterocycles. The number of urea groups is 2. The van der Waals surface area contributed by atoms with E-state index in [0.717, 1.165) is 6.54 Å². The largest absolute Gasteiger partial charge is 0.334 e. The van der Waals surface area contributed by atoms with Crippen molar-refractivity contribution < 1.29 is 9.59 Å². The smallest absolute Gasteiger partial charge is 0.320 e. The predicted molar refractivity (Wildman–Crippen MR) is 86.8 cm³/mol. The number of carbonyl (C=O) groups is 2. The van der Waals surface area contributed by atoms with Crippen molar-refractivity contribution in [3.05, 3.63) is 0 Å². The highest BCUT2D eigenvalue weighted by Crippen LogP contribution is 2.28. The molecule has 0 aromatic carbocycles. The van der Waals surface area contributed by atoms with E-state index >= 15 is 0 Å². The Balaban J connectivity index is 2.12. The summed E-state index contributed by atoms with van der Waals surface area (Å²) in [4.78, 5) is 30.5. The van der Waals surface area contributed by atoms with Crippen LogP contribution in [0.5, 0.6) is 0 Å². The van der Waals surface area contributed by atoms with Crippen LogP contribution in [-0.2, 0) is 0 Å². The van der Waals surface area contributed by atoms with Crippen molar-refractivity contribution in [2.45, 2.75) is 71.6 Å². The maximum Gasteiger partial charge on any atom is 0.320 e. The van der Waals surface area contributed by atoms with E-state index in [1.807, 2.05) is 35.5 Å². The van der Waals surface area contributed by atoms with Crippen LogP contribution in [0.4, 0.5) is 9.59 Å². The number of carbonyl (C=O) groups excluding carboxylic acids is 2. The van der Waals surface area contributed by atoms with Crippen LogP contribution in [0.25, 0.3) is 0 Å². The van der Waals surface area contributed by atoms with E-state index in [4.69, 9.17) is 0 Å². The molecule has 0 aliphatic carbocycles. The molecule has 2 aliphatic rings. The minimum Gasteiger partial charge on any atom is -0.334 e. The molecule has 0 spiro atoms. The predicted octanol–water partition coefficient (Wildman–Crippen LogP) is 2.10. The van der Waals surface area contributed by atoms with Gasteiger partial charge in [-0.3, -0.25) is 0 Å². The molecule has 0 aromatic rings. The molecule has 2 atom stereocenters. The Morgan fingerprint density at radius 3 is 2.05 bits per heavy atom. The molecule has 2 fully saturated rings. The average Bonchev–Trinajstić information content (AvgIpc) is 2.82. The third kappa shape index (κ3) is 3.01. The first-order valence-corrected chi connectivity index (χ1v) is 8.10. The van der Waals surface area contributed by atoms with E-state index in [2.05, 4.69) is 33.0 Å². The highest BCUT2D eigenvalue weighted by molar-refractivity contribution is 5.79. The van der Waals surface area contributed by atoms with E-state index in [0.29, 0.717) is 13.1 Å². The molecule has 0 radical (unpaired) electrons. The molecule has 2 rings (SSSR count). The summed E-state index contributed by atoms with van der Waals surface area (Å²) in [6.45, 7) is 16.3. The van der Waals surface area contributed by atoms with Crippen LogP contribution in [0, 0.1) is 0 Å². The second-order valence-electron chi connectivity index (χ2n) is 8.31. The zero-order valence-electron chi connectivity index (χ0n) is 14.9. The average molecular weight is 310 g/mol. The Morgan fingerprint density at radius 1 is 1.05 bits per heavy atom. The van der Waals surface area contributed by atoms with E-state index in [-0.39, 0.29) is 35.2 Å². The first kappa shape index (κ1) is 16.9. The molecule has 2 heterocycles. The van der Waals surface area contributed by atoms with Gasteiger partial charge in [0.15, 0.2) is 0 Å². The van der Waals surface area contributed by atoms with Gasteiger partial charge in [0.2, 0.25) is 0 Å². The minimum atomic E-state index is -0.382. The molecular weight excluding hydrogens is 280 g/mol. The summed E-state index contributed by atoms with van der Waals surface area (Å²) in [7, 11) is 0. The molecule has 0 unspecified atom stereocenters. The van der Waals surface area contributed by atoms with Crippen LogP contribution in [0.3, 0.4) is 0 Å². The molecule has 0 bridgehead atoms. The van der Waals surface area contributed by atoms with Crippen molar-refractivity contribution in [1.29, 1.82) is 0 Å². The summed E-state index contributed by atoms with van der Waals surface area (Å²) in [5.41, 5.74) is -0.559.